The van der Waals surface area contributed by atoms with Crippen LogP contribution in [0.2, 0.25) is 0 Å². The van der Waals surface area contributed by atoms with E-state index in [1.807, 2.05) is 5.43 Å². The smallest absolute Gasteiger partial charge is 0.332 e. The molecule has 2 amide bonds. The number of rotatable bonds is 3. The van der Waals surface area contributed by atoms with E-state index in [1.54, 1.807) is 6.92 Å². The third-order valence-corrected chi connectivity index (χ3v) is 0.985. The third kappa shape index (κ3) is 5.21. The van der Waals surface area contributed by atoms with Gasteiger partial charge < -0.3 is 10.5 Å². The number of nitrogens with two attached hydrogens (primary N) is 1. The first kappa shape index (κ1) is 10.4. The van der Waals surface area contributed by atoms with E-state index in [0.717, 1.165) is 0 Å². The lowest BCUT2D eigenvalue weighted by molar-refractivity contribution is -0.139. The van der Waals surface area contributed by atoms with Gasteiger partial charge in [-0.05, 0) is 6.92 Å². The van der Waals surface area contributed by atoms with Gasteiger partial charge in [-0.1, -0.05) is 0 Å². The number of hydrazone groups is 1. The van der Waals surface area contributed by atoms with E-state index in [2.05, 4.69) is 9.84 Å². The monoisotopic (exact) mass is 173 g/mol. The highest BCUT2D eigenvalue weighted by Gasteiger charge is 2.02. The Morgan fingerprint density at radius 2 is 2.17 bits per heavy atom. The van der Waals surface area contributed by atoms with E-state index in [4.69, 9.17) is 5.73 Å². The number of nitrogens with one attached hydrogen (secondary N) is 1. The third-order valence-electron chi connectivity index (χ3n) is 0.985. The second-order valence-electron chi connectivity index (χ2n) is 2.08. The molecule has 0 atom stereocenters. The van der Waals surface area contributed by atoms with E-state index >= 15 is 0 Å². The normalized spacial score (nSPS) is 10.7. The number of hydrogen-bond acceptors (Lipinski definition) is 4. The van der Waals surface area contributed by atoms with Crippen LogP contribution in [0.4, 0.5) is 4.79 Å². The van der Waals surface area contributed by atoms with Crippen LogP contribution >= 0.6 is 0 Å². The zero-order valence-electron chi connectivity index (χ0n) is 6.96. The first-order chi connectivity index (χ1) is 5.56. The first-order valence-corrected chi connectivity index (χ1v) is 3.21. The fourth-order valence-electron chi connectivity index (χ4n) is 0.471. The predicted molar refractivity (Wildman–Crippen MR) is 42.5 cm³/mol. The molecule has 0 radical (unpaired) electrons. The summed E-state index contributed by atoms with van der Waals surface area (Å²) in [5.74, 6) is -0.414. The minimum Gasteiger partial charge on any atom is -0.469 e. The Morgan fingerprint density at radius 1 is 1.58 bits per heavy atom. The van der Waals surface area contributed by atoms with Crippen molar-refractivity contribution in [1.29, 1.82) is 0 Å². The van der Waals surface area contributed by atoms with Crippen LogP contribution in [-0.4, -0.2) is 24.8 Å². The van der Waals surface area contributed by atoms with Crippen molar-refractivity contribution in [2.75, 3.05) is 7.11 Å². The van der Waals surface area contributed by atoms with Crippen molar-refractivity contribution < 1.29 is 14.3 Å². The molecule has 0 aromatic rings. The van der Waals surface area contributed by atoms with Crippen molar-refractivity contribution in [1.82, 2.24) is 5.43 Å². The maximum Gasteiger partial charge on any atom is 0.332 e. The molecule has 0 aromatic carbocycles. The summed E-state index contributed by atoms with van der Waals surface area (Å²) in [5.41, 5.74) is 7.16. The predicted octanol–water partition coefficient (Wildman–Crippen LogP) is -0.406. The lowest BCUT2D eigenvalue weighted by Gasteiger charge is -1.98. The number of methoxy groups -OCH3 is 1. The molecule has 0 spiro atoms. The van der Waals surface area contributed by atoms with Crippen LogP contribution in [0, 0.1) is 0 Å². The minimum absolute atomic E-state index is 0.0385. The van der Waals surface area contributed by atoms with Crippen LogP contribution in [0.25, 0.3) is 0 Å². The first-order valence-electron chi connectivity index (χ1n) is 3.21. The molecule has 0 aliphatic rings. The van der Waals surface area contributed by atoms with Crippen molar-refractivity contribution in [3.05, 3.63) is 0 Å². The Kier molecular flexibility index (Phi) is 4.43. The van der Waals surface area contributed by atoms with Crippen LogP contribution in [0.5, 0.6) is 0 Å². The van der Waals surface area contributed by atoms with E-state index in [-0.39, 0.29) is 6.42 Å². The highest BCUT2D eigenvalue weighted by atomic mass is 16.5. The number of amides is 2. The molecular weight excluding hydrogens is 162 g/mol. The van der Waals surface area contributed by atoms with Gasteiger partial charge in [-0.2, -0.15) is 5.10 Å². The molecule has 0 saturated carbocycles. The van der Waals surface area contributed by atoms with Crippen molar-refractivity contribution in [3.63, 3.8) is 0 Å². The van der Waals surface area contributed by atoms with Crippen LogP contribution in [0.1, 0.15) is 13.3 Å². The average Bonchev–Trinajstić information content (AvgIpc) is 2.00. The zero-order chi connectivity index (χ0) is 9.56. The van der Waals surface area contributed by atoms with Crippen molar-refractivity contribution in [3.8, 4) is 0 Å². The van der Waals surface area contributed by atoms with Gasteiger partial charge in [0, 0.05) is 5.71 Å². The van der Waals surface area contributed by atoms with Gasteiger partial charge in [-0.15, -0.1) is 0 Å². The second kappa shape index (κ2) is 5.11. The summed E-state index contributed by atoms with van der Waals surface area (Å²) in [6, 6.07) is -0.765. The molecule has 0 aliphatic carbocycles. The van der Waals surface area contributed by atoms with Gasteiger partial charge in [-0.25, -0.2) is 10.2 Å². The molecular formula is C6H11N3O3. The van der Waals surface area contributed by atoms with Gasteiger partial charge >= 0.3 is 12.0 Å². The quantitative estimate of drug-likeness (QED) is 0.345. The van der Waals surface area contributed by atoms with Crippen molar-refractivity contribution in [2.24, 2.45) is 10.8 Å². The Hall–Kier alpha value is -1.59. The molecule has 0 fully saturated rings. The molecule has 0 saturated heterocycles. The summed E-state index contributed by atoms with van der Waals surface area (Å²) in [6.07, 6.45) is 0.0385. The summed E-state index contributed by atoms with van der Waals surface area (Å²) in [5, 5.41) is 3.50. The van der Waals surface area contributed by atoms with Gasteiger partial charge in [0.2, 0.25) is 0 Å². The summed E-state index contributed by atoms with van der Waals surface area (Å²) in [6.45, 7) is 1.58. The van der Waals surface area contributed by atoms with Crippen LogP contribution in [-0.2, 0) is 9.53 Å². The molecule has 0 bridgehead atoms. The molecule has 6 nitrogen and oxygen atoms in total. The zero-order valence-corrected chi connectivity index (χ0v) is 6.96. The molecule has 0 aliphatic heterocycles. The maximum atomic E-state index is 10.6. The van der Waals surface area contributed by atoms with Crippen molar-refractivity contribution in [2.45, 2.75) is 13.3 Å². The Labute approximate surface area is 69.8 Å². The number of carbonyl (C=O) groups excluding carboxylic acids is 2. The number of carbonyl (C=O) groups is 2. The standard InChI is InChI=1S/C6H11N3O3/c1-4(3-5(10)12-2)8-9-6(7)11/h3H2,1-2H3,(H3,7,9,11)/b8-4+. The second-order valence-corrected chi connectivity index (χ2v) is 2.08. The molecule has 0 rings (SSSR count). The minimum atomic E-state index is -0.765. The van der Waals surface area contributed by atoms with E-state index in [0.29, 0.717) is 5.71 Å². The summed E-state index contributed by atoms with van der Waals surface area (Å²) >= 11 is 0. The molecule has 0 aromatic heterocycles. The van der Waals surface area contributed by atoms with Crippen LogP contribution < -0.4 is 11.2 Å². The SMILES string of the molecule is COC(=O)C/C(C)=N/NC(N)=O. The lowest BCUT2D eigenvalue weighted by atomic mass is 10.3. The molecule has 68 valence electrons. The molecule has 0 unspecified atom stereocenters. The lowest BCUT2D eigenvalue weighted by Crippen LogP contribution is -2.25. The van der Waals surface area contributed by atoms with Gasteiger partial charge in [-0.3, -0.25) is 4.79 Å². The molecule has 12 heavy (non-hydrogen) atoms. The van der Waals surface area contributed by atoms with E-state index in [1.165, 1.54) is 7.11 Å². The average molecular weight is 173 g/mol. The fourth-order valence-corrected chi connectivity index (χ4v) is 0.471. The Balaban J connectivity index is 3.85. The highest BCUT2D eigenvalue weighted by Crippen LogP contribution is 1.87. The number of hydrogen-bond donors (Lipinski definition) is 2. The van der Waals surface area contributed by atoms with Gasteiger partial charge in [0.25, 0.3) is 0 Å². The number of primary amides is 1. The van der Waals surface area contributed by atoms with E-state index < -0.39 is 12.0 Å². The van der Waals surface area contributed by atoms with Gasteiger partial charge in [0.05, 0.1) is 13.5 Å². The van der Waals surface area contributed by atoms with E-state index in [9.17, 15) is 9.59 Å². The number of urea groups is 1. The number of esters is 1. The number of ether oxygens (including phenoxy) is 1. The topological polar surface area (TPSA) is 93.8 Å². The summed E-state index contributed by atoms with van der Waals surface area (Å²) in [4.78, 5) is 20.8. The van der Waals surface area contributed by atoms with Crippen LogP contribution in [0.3, 0.4) is 0 Å². The van der Waals surface area contributed by atoms with Gasteiger partial charge in [0.15, 0.2) is 0 Å². The van der Waals surface area contributed by atoms with Crippen LogP contribution in [0.15, 0.2) is 5.10 Å². The Morgan fingerprint density at radius 3 is 2.58 bits per heavy atom. The number of nitrogens with zero attached hydrogens (tertiary/aromatic N) is 1. The highest BCUT2D eigenvalue weighted by molar-refractivity contribution is 5.97. The fraction of sp³-hybridized carbons (Fsp3) is 0.500. The molecule has 6 heteroatoms. The van der Waals surface area contributed by atoms with Crippen molar-refractivity contribution >= 4 is 17.7 Å². The summed E-state index contributed by atoms with van der Waals surface area (Å²) < 4.78 is 4.36. The maximum absolute atomic E-state index is 10.6. The largest absolute Gasteiger partial charge is 0.469 e. The summed E-state index contributed by atoms with van der Waals surface area (Å²) in [7, 11) is 1.27. The Bertz CT molecular complexity index is 212. The molecule has 0 heterocycles. The molecule has 3 N–H and O–H groups in total. The van der Waals surface area contributed by atoms with Gasteiger partial charge in [0.1, 0.15) is 0 Å².